The van der Waals surface area contributed by atoms with Gasteiger partial charge in [0.25, 0.3) is 5.79 Å². The summed E-state index contributed by atoms with van der Waals surface area (Å²) in [6, 6.07) is 15.8. The van der Waals surface area contributed by atoms with Crippen molar-refractivity contribution < 1.29 is 74.3 Å². The average molecular weight is 746 g/mol. The van der Waals surface area contributed by atoms with E-state index >= 15 is 0 Å². The number of benzene rings is 2. The number of carbonyl (C=O) groups excluding carboxylic acids is 4. The molecule has 0 radical (unpaired) electrons. The van der Waals surface area contributed by atoms with Gasteiger partial charge in [-0.25, -0.2) is 4.79 Å². The zero-order chi connectivity index (χ0) is 37.4. The SMILES string of the molecule is COC(=O)[C@]1(OP(OCc2ccccc2)OCc2ccccc2)C[C@H](OC(C)=O)[C@@H](NC(=O)C(F)(F)F)[C@H]([C@H](OC(C)=O)[C@H]2COC(C)(C)O2)O1. The number of esters is 3. The molecule has 18 heteroatoms. The Balaban J connectivity index is 1.81. The summed E-state index contributed by atoms with van der Waals surface area (Å²) in [7, 11) is -1.60. The molecule has 0 unspecified atom stereocenters. The zero-order valence-corrected chi connectivity index (χ0v) is 29.3. The number of carbonyl (C=O) groups is 4. The molecule has 1 amide bonds. The lowest BCUT2D eigenvalue weighted by atomic mass is 9.88. The Bertz CT molecular complexity index is 1460. The first-order chi connectivity index (χ1) is 24.0. The van der Waals surface area contributed by atoms with E-state index in [1.807, 2.05) is 0 Å². The number of rotatable bonds is 14. The lowest BCUT2D eigenvalue weighted by Gasteiger charge is -2.48. The van der Waals surface area contributed by atoms with E-state index in [2.05, 4.69) is 0 Å². The number of ether oxygens (including phenoxy) is 6. The van der Waals surface area contributed by atoms with E-state index in [4.69, 9.17) is 42.0 Å². The summed E-state index contributed by atoms with van der Waals surface area (Å²) in [5.41, 5.74) is 1.38. The summed E-state index contributed by atoms with van der Waals surface area (Å²) in [4.78, 5) is 51.0. The summed E-state index contributed by atoms with van der Waals surface area (Å²) in [6.07, 6.45) is -12.9. The third-order valence-electron chi connectivity index (χ3n) is 7.52. The molecule has 280 valence electrons. The quantitative estimate of drug-likeness (QED) is 0.165. The minimum Gasteiger partial charge on any atom is -0.465 e. The fourth-order valence-corrected chi connectivity index (χ4v) is 6.49. The second kappa shape index (κ2) is 17.2. The molecule has 2 heterocycles. The summed E-state index contributed by atoms with van der Waals surface area (Å²) in [6.45, 7) is 4.62. The van der Waals surface area contributed by atoms with Crippen LogP contribution in [0.3, 0.4) is 0 Å². The van der Waals surface area contributed by atoms with Crippen LogP contribution in [0, 0.1) is 0 Å². The molecule has 6 atom stereocenters. The summed E-state index contributed by atoms with van der Waals surface area (Å²) < 4.78 is 92.9. The number of alkyl halides is 3. The Morgan fingerprint density at radius 3 is 1.94 bits per heavy atom. The maximum absolute atomic E-state index is 13.8. The fraction of sp³-hybridized carbons (Fsp3) is 0.515. The van der Waals surface area contributed by atoms with Gasteiger partial charge >= 0.3 is 38.6 Å². The Labute approximate surface area is 293 Å². The van der Waals surface area contributed by atoms with E-state index in [9.17, 15) is 32.3 Å². The molecule has 0 saturated carbocycles. The first-order valence-electron chi connectivity index (χ1n) is 15.6. The van der Waals surface area contributed by atoms with Gasteiger partial charge in [-0.15, -0.1) is 0 Å². The molecule has 0 bridgehead atoms. The van der Waals surface area contributed by atoms with Crippen LogP contribution in [0.25, 0.3) is 0 Å². The zero-order valence-electron chi connectivity index (χ0n) is 28.4. The van der Waals surface area contributed by atoms with Crippen molar-refractivity contribution in [2.45, 2.75) is 95.5 Å². The lowest BCUT2D eigenvalue weighted by molar-refractivity contribution is -0.292. The van der Waals surface area contributed by atoms with Crippen molar-refractivity contribution in [1.29, 1.82) is 0 Å². The van der Waals surface area contributed by atoms with Crippen molar-refractivity contribution >= 4 is 32.4 Å². The van der Waals surface area contributed by atoms with Crippen LogP contribution >= 0.6 is 8.60 Å². The predicted molar refractivity (Wildman–Crippen MR) is 169 cm³/mol. The van der Waals surface area contributed by atoms with E-state index in [1.165, 1.54) is 13.8 Å². The molecule has 2 aliphatic heterocycles. The highest BCUT2D eigenvalue weighted by Crippen LogP contribution is 2.50. The Morgan fingerprint density at radius 2 is 1.49 bits per heavy atom. The summed E-state index contributed by atoms with van der Waals surface area (Å²) in [5, 5.41) is 1.78. The minimum absolute atomic E-state index is 0.0853. The average Bonchev–Trinajstić information content (AvgIpc) is 3.44. The van der Waals surface area contributed by atoms with E-state index in [1.54, 1.807) is 66.0 Å². The van der Waals surface area contributed by atoms with Crippen molar-refractivity contribution in [2.24, 2.45) is 0 Å². The van der Waals surface area contributed by atoms with Crippen molar-refractivity contribution in [3.8, 4) is 0 Å². The Hall–Kier alpha value is -3.70. The largest absolute Gasteiger partial charge is 0.471 e. The third kappa shape index (κ3) is 11.1. The molecule has 0 spiro atoms. The van der Waals surface area contributed by atoms with Crippen LogP contribution in [0.4, 0.5) is 13.2 Å². The van der Waals surface area contributed by atoms with Crippen LogP contribution < -0.4 is 5.32 Å². The number of amides is 1. The summed E-state index contributed by atoms with van der Waals surface area (Å²) >= 11 is 0. The highest BCUT2D eigenvalue weighted by molar-refractivity contribution is 7.41. The summed E-state index contributed by atoms with van der Waals surface area (Å²) in [5.74, 6) is -9.51. The van der Waals surface area contributed by atoms with Gasteiger partial charge in [0.05, 0.1) is 39.4 Å². The van der Waals surface area contributed by atoms with Crippen LogP contribution in [0.1, 0.15) is 45.2 Å². The highest BCUT2D eigenvalue weighted by atomic mass is 31.2. The number of halogens is 3. The lowest BCUT2D eigenvalue weighted by Crippen LogP contribution is -2.69. The molecule has 0 aromatic heterocycles. The van der Waals surface area contributed by atoms with Crippen LogP contribution in [0.5, 0.6) is 0 Å². The molecular weight excluding hydrogens is 706 g/mol. The number of hydrogen-bond donors (Lipinski definition) is 1. The van der Waals surface area contributed by atoms with Gasteiger partial charge in [0, 0.05) is 13.8 Å². The van der Waals surface area contributed by atoms with E-state index in [0.29, 0.717) is 11.1 Å². The first kappa shape index (κ1) is 40.1. The van der Waals surface area contributed by atoms with Gasteiger partial charge < -0.3 is 42.8 Å². The van der Waals surface area contributed by atoms with Crippen LogP contribution in [0.15, 0.2) is 60.7 Å². The van der Waals surface area contributed by atoms with Crippen molar-refractivity contribution in [3.05, 3.63) is 71.8 Å². The molecule has 0 aliphatic carbocycles. The molecule has 4 rings (SSSR count). The molecule has 51 heavy (non-hydrogen) atoms. The maximum Gasteiger partial charge on any atom is 0.471 e. The van der Waals surface area contributed by atoms with Gasteiger partial charge in [0.2, 0.25) is 0 Å². The molecule has 2 saturated heterocycles. The van der Waals surface area contributed by atoms with Gasteiger partial charge in [0.1, 0.15) is 18.3 Å². The standard InChI is InChI=1S/C33H39F3NO13P/c1-20(38)46-24-16-32(30(41)42-5,50-51(44-17-22-12-8-6-9-13-22)45-18-23-14-10-7-11-15-23)49-28(26(24)37-29(40)33(34,35)36)27(47-21(2)39)25-19-43-31(3,4)48-25/h6-15,24-28H,16-19H2,1-5H3,(H,37,40)/t24-,25+,26+,27+,28+,32+/m0/s1. The van der Waals surface area contributed by atoms with Crippen LogP contribution in [-0.2, 0) is 74.4 Å². The molecule has 2 fully saturated rings. The van der Waals surface area contributed by atoms with Gasteiger partial charge in [-0.05, 0) is 25.0 Å². The number of hydrogen-bond acceptors (Lipinski definition) is 13. The molecule has 2 aromatic rings. The maximum atomic E-state index is 13.8. The molecule has 14 nitrogen and oxygen atoms in total. The van der Waals surface area contributed by atoms with Gasteiger partial charge in [0.15, 0.2) is 11.9 Å². The molecule has 2 aromatic carbocycles. The van der Waals surface area contributed by atoms with Gasteiger partial charge in [-0.2, -0.15) is 13.2 Å². The van der Waals surface area contributed by atoms with E-state index in [0.717, 1.165) is 21.0 Å². The van der Waals surface area contributed by atoms with Crippen LogP contribution in [-0.4, -0.2) is 85.7 Å². The number of methoxy groups -OCH3 is 1. The normalized spacial score (nSPS) is 25.1. The fourth-order valence-electron chi connectivity index (χ4n) is 5.37. The highest BCUT2D eigenvalue weighted by Gasteiger charge is 2.62. The molecular formula is C33H39F3NO13P. The van der Waals surface area contributed by atoms with Crippen LogP contribution in [0.2, 0.25) is 0 Å². The molecule has 2 aliphatic rings. The predicted octanol–water partition coefficient (Wildman–Crippen LogP) is 4.38. The van der Waals surface area contributed by atoms with E-state index in [-0.39, 0.29) is 19.8 Å². The van der Waals surface area contributed by atoms with E-state index < -0.39 is 87.0 Å². The van der Waals surface area contributed by atoms with Crippen molar-refractivity contribution in [1.82, 2.24) is 5.32 Å². The van der Waals surface area contributed by atoms with Gasteiger partial charge in [-0.1, -0.05) is 60.7 Å². The second-order valence-electron chi connectivity index (χ2n) is 12.0. The number of nitrogens with one attached hydrogen (secondary N) is 1. The van der Waals surface area contributed by atoms with Crippen molar-refractivity contribution in [3.63, 3.8) is 0 Å². The monoisotopic (exact) mass is 745 g/mol. The third-order valence-corrected chi connectivity index (χ3v) is 8.65. The first-order valence-corrected chi connectivity index (χ1v) is 16.7. The topological polar surface area (TPSA) is 163 Å². The second-order valence-corrected chi connectivity index (χ2v) is 13.1. The van der Waals surface area contributed by atoms with Crippen molar-refractivity contribution in [2.75, 3.05) is 13.7 Å². The minimum atomic E-state index is -5.41. The Morgan fingerprint density at radius 1 is 0.922 bits per heavy atom. The van der Waals surface area contributed by atoms with Gasteiger partial charge in [-0.3, -0.25) is 18.9 Å². The smallest absolute Gasteiger partial charge is 0.465 e. The molecule has 1 N–H and O–H groups in total. The Kier molecular flexibility index (Phi) is 13.5.